The number of carbonyl (C=O) groups excluding carboxylic acids is 2. The van der Waals surface area contributed by atoms with Gasteiger partial charge in [0, 0.05) is 16.7 Å². The van der Waals surface area contributed by atoms with Gasteiger partial charge in [-0.25, -0.2) is 0 Å². The van der Waals surface area contributed by atoms with Crippen molar-refractivity contribution in [1.29, 1.82) is 0 Å². The number of anilines is 1. The second-order valence-corrected chi connectivity index (χ2v) is 8.32. The van der Waals surface area contributed by atoms with E-state index in [2.05, 4.69) is 43.3 Å². The topological polar surface area (TPSA) is 98.1 Å². The van der Waals surface area contributed by atoms with Gasteiger partial charge in [0.1, 0.15) is 5.75 Å². The van der Waals surface area contributed by atoms with Crippen LogP contribution in [0.1, 0.15) is 16.2 Å². The van der Waals surface area contributed by atoms with Gasteiger partial charge in [-0.05, 0) is 52.3 Å². The summed E-state index contributed by atoms with van der Waals surface area (Å²) in [5, 5.41) is 14.6. The SMILES string of the molecule is C=CCn1c(CNC(=O)c2ccccc2Br)nnc1SCC(=O)Nc1ccc(OC)cc1. The van der Waals surface area contributed by atoms with Crippen LogP contribution in [-0.4, -0.2) is 39.4 Å². The molecule has 0 aliphatic heterocycles. The Morgan fingerprint density at radius 2 is 1.94 bits per heavy atom. The fourth-order valence-corrected chi connectivity index (χ4v) is 4.00. The lowest BCUT2D eigenvalue weighted by molar-refractivity contribution is -0.113. The Kier molecular flexibility index (Phi) is 8.46. The number of benzene rings is 2. The largest absolute Gasteiger partial charge is 0.497 e. The number of rotatable bonds is 10. The summed E-state index contributed by atoms with van der Waals surface area (Å²) in [6, 6.07) is 14.3. The minimum absolute atomic E-state index is 0.157. The number of ether oxygens (including phenoxy) is 1. The number of hydrogen-bond acceptors (Lipinski definition) is 6. The van der Waals surface area contributed by atoms with Gasteiger partial charge in [0.05, 0.1) is 25.0 Å². The normalized spacial score (nSPS) is 10.4. The zero-order valence-corrected chi connectivity index (χ0v) is 19.8. The van der Waals surface area contributed by atoms with Crippen LogP contribution >= 0.6 is 27.7 Å². The Bertz CT molecular complexity index is 1100. The minimum Gasteiger partial charge on any atom is -0.497 e. The number of amides is 2. The van der Waals surface area contributed by atoms with Crippen LogP contribution in [0.5, 0.6) is 5.75 Å². The summed E-state index contributed by atoms with van der Waals surface area (Å²) in [6.07, 6.45) is 1.71. The zero-order chi connectivity index (χ0) is 22.9. The molecule has 2 aromatic carbocycles. The monoisotopic (exact) mass is 515 g/mol. The number of nitrogens with one attached hydrogen (secondary N) is 2. The fourth-order valence-electron chi connectivity index (χ4n) is 2.77. The van der Waals surface area contributed by atoms with Crippen LogP contribution in [-0.2, 0) is 17.9 Å². The average molecular weight is 516 g/mol. The Labute approximate surface area is 198 Å². The third-order valence-corrected chi connectivity index (χ3v) is 6.00. The van der Waals surface area contributed by atoms with E-state index < -0.39 is 0 Å². The Morgan fingerprint density at radius 1 is 1.19 bits per heavy atom. The molecule has 0 aliphatic carbocycles. The number of thioether (sulfide) groups is 1. The van der Waals surface area contributed by atoms with Crippen molar-refractivity contribution >= 4 is 45.2 Å². The lowest BCUT2D eigenvalue weighted by Gasteiger charge is -2.10. The Hall–Kier alpha value is -3.11. The maximum atomic E-state index is 12.5. The molecule has 2 N–H and O–H groups in total. The molecular formula is C22H22BrN5O3S. The zero-order valence-electron chi connectivity index (χ0n) is 17.4. The van der Waals surface area contributed by atoms with Crippen molar-refractivity contribution in [2.75, 3.05) is 18.2 Å². The maximum absolute atomic E-state index is 12.5. The second-order valence-electron chi connectivity index (χ2n) is 6.53. The average Bonchev–Trinajstić information content (AvgIpc) is 3.18. The number of halogens is 1. The van der Waals surface area contributed by atoms with Crippen molar-refractivity contribution in [1.82, 2.24) is 20.1 Å². The van der Waals surface area contributed by atoms with E-state index in [1.54, 1.807) is 55.7 Å². The first-order chi connectivity index (χ1) is 15.5. The number of methoxy groups -OCH3 is 1. The number of nitrogens with zero attached hydrogens (tertiary/aromatic N) is 3. The van der Waals surface area contributed by atoms with Crippen LogP contribution in [0, 0.1) is 0 Å². The molecule has 0 saturated heterocycles. The molecule has 0 radical (unpaired) electrons. The van der Waals surface area contributed by atoms with Crippen molar-refractivity contribution in [2.45, 2.75) is 18.2 Å². The van der Waals surface area contributed by atoms with Crippen molar-refractivity contribution in [3.63, 3.8) is 0 Å². The van der Waals surface area contributed by atoms with E-state index >= 15 is 0 Å². The van der Waals surface area contributed by atoms with E-state index in [1.165, 1.54) is 11.8 Å². The van der Waals surface area contributed by atoms with Crippen LogP contribution in [0.15, 0.2) is 70.8 Å². The molecule has 10 heteroatoms. The molecule has 32 heavy (non-hydrogen) atoms. The fraction of sp³-hybridized carbons (Fsp3) is 0.182. The van der Waals surface area contributed by atoms with E-state index in [1.807, 2.05) is 10.6 Å². The lowest BCUT2D eigenvalue weighted by atomic mass is 10.2. The molecule has 0 bridgehead atoms. The molecule has 0 spiro atoms. The van der Waals surface area contributed by atoms with Crippen LogP contribution in [0.4, 0.5) is 5.69 Å². The summed E-state index contributed by atoms with van der Waals surface area (Å²) in [4.78, 5) is 24.8. The number of allylic oxidation sites excluding steroid dienone is 1. The highest BCUT2D eigenvalue weighted by molar-refractivity contribution is 9.10. The minimum atomic E-state index is -0.223. The van der Waals surface area contributed by atoms with Gasteiger partial charge in [-0.3, -0.25) is 9.59 Å². The first-order valence-corrected chi connectivity index (χ1v) is 11.4. The van der Waals surface area contributed by atoms with Crippen molar-refractivity contribution in [2.24, 2.45) is 0 Å². The summed E-state index contributed by atoms with van der Waals surface area (Å²) in [7, 11) is 1.59. The molecule has 3 rings (SSSR count). The van der Waals surface area contributed by atoms with Gasteiger partial charge in [0.15, 0.2) is 11.0 Å². The van der Waals surface area contributed by atoms with E-state index in [4.69, 9.17) is 4.74 Å². The van der Waals surface area contributed by atoms with E-state index in [0.717, 1.165) is 0 Å². The Morgan fingerprint density at radius 3 is 2.62 bits per heavy atom. The molecule has 0 unspecified atom stereocenters. The molecule has 3 aromatic rings. The standard InChI is InChI=1S/C22H22BrN5O3S/c1-3-12-28-19(13-24-21(30)17-6-4-5-7-18(17)23)26-27-22(28)32-14-20(29)25-15-8-10-16(31-2)11-9-15/h3-11H,1,12-14H2,2H3,(H,24,30)(H,25,29). The van der Waals surface area contributed by atoms with Gasteiger partial charge in [0.2, 0.25) is 5.91 Å². The highest BCUT2D eigenvalue weighted by Crippen LogP contribution is 2.20. The van der Waals surface area contributed by atoms with Crippen LogP contribution in [0.2, 0.25) is 0 Å². The van der Waals surface area contributed by atoms with Gasteiger partial charge in [0.25, 0.3) is 5.91 Å². The molecule has 1 aromatic heterocycles. The summed E-state index contributed by atoms with van der Waals surface area (Å²) in [6.45, 7) is 4.42. The third kappa shape index (κ3) is 6.21. The maximum Gasteiger partial charge on any atom is 0.252 e. The van der Waals surface area contributed by atoms with Gasteiger partial charge in [-0.2, -0.15) is 0 Å². The highest BCUT2D eigenvalue weighted by atomic mass is 79.9. The number of carbonyl (C=O) groups is 2. The highest BCUT2D eigenvalue weighted by Gasteiger charge is 2.16. The van der Waals surface area contributed by atoms with Crippen molar-refractivity contribution in [3.05, 3.63) is 77.0 Å². The van der Waals surface area contributed by atoms with E-state index in [9.17, 15) is 9.59 Å². The summed E-state index contributed by atoms with van der Waals surface area (Å²) in [5.41, 5.74) is 1.21. The van der Waals surface area contributed by atoms with E-state index in [-0.39, 0.29) is 24.1 Å². The molecule has 1 heterocycles. The number of aromatic nitrogens is 3. The Balaban J connectivity index is 1.59. The van der Waals surface area contributed by atoms with Crippen LogP contribution in [0.25, 0.3) is 0 Å². The molecule has 166 valence electrons. The molecule has 0 atom stereocenters. The first-order valence-electron chi connectivity index (χ1n) is 9.64. The van der Waals surface area contributed by atoms with Gasteiger partial charge in [-0.15, -0.1) is 16.8 Å². The summed E-state index contributed by atoms with van der Waals surface area (Å²) >= 11 is 4.64. The summed E-state index contributed by atoms with van der Waals surface area (Å²) < 4.78 is 7.64. The van der Waals surface area contributed by atoms with Gasteiger partial charge >= 0.3 is 0 Å². The predicted octanol–water partition coefficient (Wildman–Crippen LogP) is 3.90. The van der Waals surface area contributed by atoms with Crippen LogP contribution in [0.3, 0.4) is 0 Å². The molecule has 8 nitrogen and oxygen atoms in total. The molecule has 0 aliphatic rings. The van der Waals surface area contributed by atoms with Crippen LogP contribution < -0.4 is 15.4 Å². The predicted molar refractivity (Wildman–Crippen MR) is 128 cm³/mol. The first kappa shape index (κ1) is 23.6. The second kappa shape index (κ2) is 11.5. The molecule has 2 amide bonds. The smallest absolute Gasteiger partial charge is 0.252 e. The number of hydrogen-bond donors (Lipinski definition) is 2. The lowest BCUT2D eigenvalue weighted by Crippen LogP contribution is -2.25. The summed E-state index contributed by atoms with van der Waals surface area (Å²) in [5.74, 6) is 1.05. The van der Waals surface area contributed by atoms with E-state index in [0.29, 0.717) is 39.0 Å². The molecule has 0 fully saturated rings. The molecule has 0 saturated carbocycles. The van der Waals surface area contributed by atoms with Gasteiger partial charge in [-0.1, -0.05) is 30.0 Å². The molecular weight excluding hydrogens is 494 g/mol. The quantitative estimate of drug-likeness (QED) is 0.314. The van der Waals surface area contributed by atoms with Crippen molar-refractivity contribution in [3.8, 4) is 5.75 Å². The van der Waals surface area contributed by atoms with Crippen molar-refractivity contribution < 1.29 is 14.3 Å². The third-order valence-electron chi connectivity index (χ3n) is 4.34. The van der Waals surface area contributed by atoms with Gasteiger partial charge < -0.3 is 19.9 Å².